The molecule has 0 saturated heterocycles. The molecule has 0 amide bonds. The maximum Gasteiger partial charge on any atom is 0.307 e. The van der Waals surface area contributed by atoms with Crippen molar-refractivity contribution in [2.45, 2.75) is 38.2 Å². The number of ether oxygens (including phenoxy) is 1. The second-order valence-electron chi connectivity index (χ2n) is 7.74. The Balaban J connectivity index is 1.27. The van der Waals surface area contributed by atoms with Crippen LogP contribution in [0.15, 0.2) is 47.0 Å². The van der Waals surface area contributed by atoms with Gasteiger partial charge in [0.15, 0.2) is 6.61 Å². The van der Waals surface area contributed by atoms with Gasteiger partial charge < -0.3 is 14.4 Å². The van der Waals surface area contributed by atoms with Crippen molar-refractivity contribution in [2.24, 2.45) is 5.92 Å². The van der Waals surface area contributed by atoms with Crippen LogP contribution in [0.3, 0.4) is 0 Å². The Bertz CT molecular complexity index is 1060. The van der Waals surface area contributed by atoms with Gasteiger partial charge in [-0.2, -0.15) is 4.98 Å². The Morgan fingerprint density at radius 3 is 2.86 bits per heavy atom. The lowest BCUT2D eigenvalue weighted by Crippen LogP contribution is -2.11. The van der Waals surface area contributed by atoms with E-state index in [9.17, 15) is 9.90 Å². The molecule has 1 saturated carbocycles. The molecule has 2 aliphatic carbocycles. The highest BCUT2D eigenvalue weighted by Gasteiger charge is 2.61. The van der Waals surface area contributed by atoms with E-state index in [0.29, 0.717) is 11.7 Å². The Hall–Kier alpha value is -3.15. The third kappa shape index (κ3) is 2.76. The minimum absolute atomic E-state index is 0.143. The van der Waals surface area contributed by atoms with E-state index < -0.39 is 5.97 Å². The largest absolute Gasteiger partial charge is 0.485 e. The van der Waals surface area contributed by atoms with Gasteiger partial charge in [-0.1, -0.05) is 28.9 Å². The van der Waals surface area contributed by atoms with Crippen LogP contribution >= 0.6 is 0 Å². The molecule has 1 spiro atoms. The number of carbonyl (C=O) groups is 1. The molecule has 0 unspecified atom stereocenters. The fourth-order valence-corrected chi connectivity index (χ4v) is 4.32. The van der Waals surface area contributed by atoms with Crippen LogP contribution in [0.5, 0.6) is 5.75 Å². The average molecular weight is 376 g/mol. The van der Waals surface area contributed by atoms with E-state index in [0.717, 1.165) is 30.6 Å². The summed E-state index contributed by atoms with van der Waals surface area (Å²) in [5.41, 5.74) is 4.27. The van der Waals surface area contributed by atoms with Crippen LogP contribution in [-0.2, 0) is 23.2 Å². The van der Waals surface area contributed by atoms with Crippen LogP contribution in [0.1, 0.15) is 35.4 Å². The molecule has 6 heteroatoms. The summed E-state index contributed by atoms with van der Waals surface area (Å²) < 4.78 is 11.2. The molecular weight excluding hydrogens is 356 g/mol. The van der Waals surface area contributed by atoms with Crippen LogP contribution in [0.25, 0.3) is 11.5 Å². The highest BCUT2D eigenvalue weighted by atomic mass is 16.5. The number of aryl methyl sites for hydroxylation is 2. The maximum atomic E-state index is 11.3. The lowest BCUT2D eigenvalue weighted by Gasteiger charge is -2.11. The molecule has 0 aliphatic heterocycles. The van der Waals surface area contributed by atoms with Gasteiger partial charge in [-0.15, -0.1) is 0 Å². The molecule has 28 heavy (non-hydrogen) atoms. The molecule has 2 atom stereocenters. The van der Waals surface area contributed by atoms with Crippen LogP contribution < -0.4 is 4.74 Å². The summed E-state index contributed by atoms with van der Waals surface area (Å²) in [7, 11) is 0. The predicted octanol–water partition coefficient (Wildman–Crippen LogP) is 3.91. The minimum atomic E-state index is -0.685. The molecule has 3 aromatic rings. The SMILES string of the molecule is Cc1ccc(-c2nc(COc3ccc4c(c3)CC[C@]43C[C@H]3C(=O)O)no2)cc1. The number of rotatable bonds is 5. The molecule has 2 aliphatic rings. The van der Waals surface area contributed by atoms with E-state index in [-0.39, 0.29) is 17.9 Å². The standard InChI is InChI=1S/C22H20N2O4/c1-13-2-4-14(5-3-13)20-23-19(24-28-20)12-27-16-6-7-17-15(10-16)8-9-22(17)11-18(22)21(25)26/h2-7,10,18H,8-9,11-12H2,1H3,(H,25,26)/t18-,22-/m0/s1. The number of aliphatic carboxylic acids is 1. The number of hydrogen-bond donors (Lipinski definition) is 1. The first-order chi connectivity index (χ1) is 13.5. The monoisotopic (exact) mass is 376 g/mol. The highest BCUT2D eigenvalue weighted by Crippen LogP contribution is 2.61. The summed E-state index contributed by atoms with van der Waals surface area (Å²) >= 11 is 0. The molecule has 2 aromatic carbocycles. The number of hydrogen-bond acceptors (Lipinski definition) is 5. The second-order valence-corrected chi connectivity index (χ2v) is 7.74. The zero-order chi connectivity index (χ0) is 19.3. The van der Waals surface area contributed by atoms with Gasteiger partial charge in [-0.05, 0) is 61.6 Å². The smallest absolute Gasteiger partial charge is 0.307 e. The zero-order valence-corrected chi connectivity index (χ0v) is 15.5. The Morgan fingerprint density at radius 2 is 2.11 bits per heavy atom. The predicted molar refractivity (Wildman–Crippen MR) is 101 cm³/mol. The first kappa shape index (κ1) is 17.0. The normalized spacial score (nSPS) is 22.2. The van der Waals surface area contributed by atoms with E-state index >= 15 is 0 Å². The van der Waals surface area contributed by atoms with Crippen LogP contribution in [0.2, 0.25) is 0 Å². The average Bonchev–Trinajstić information content (AvgIpc) is 3.05. The molecule has 142 valence electrons. The number of fused-ring (bicyclic) bond motifs is 2. The van der Waals surface area contributed by atoms with Crippen molar-refractivity contribution in [1.82, 2.24) is 10.1 Å². The molecule has 1 heterocycles. The van der Waals surface area contributed by atoms with Gasteiger partial charge in [-0.25, -0.2) is 0 Å². The molecule has 0 radical (unpaired) electrons. The Kier molecular flexibility index (Phi) is 3.75. The fourth-order valence-electron chi connectivity index (χ4n) is 4.32. The quantitative estimate of drug-likeness (QED) is 0.727. The summed E-state index contributed by atoms with van der Waals surface area (Å²) in [4.78, 5) is 15.7. The molecule has 5 rings (SSSR count). The van der Waals surface area contributed by atoms with E-state index in [1.165, 1.54) is 16.7 Å². The van der Waals surface area contributed by atoms with Gasteiger partial charge >= 0.3 is 5.97 Å². The molecule has 1 N–H and O–H groups in total. The summed E-state index contributed by atoms with van der Waals surface area (Å²) in [6.07, 6.45) is 2.56. The summed E-state index contributed by atoms with van der Waals surface area (Å²) in [6, 6.07) is 13.8. The Morgan fingerprint density at radius 1 is 1.29 bits per heavy atom. The number of benzene rings is 2. The molecule has 6 nitrogen and oxygen atoms in total. The van der Waals surface area contributed by atoms with Gasteiger partial charge in [0.2, 0.25) is 5.82 Å². The fraction of sp³-hybridized carbons (Fsp3) is 0.318. The lowest BCUT2D eigenvalue weighted by atomic mass is 9.95. The van der Waals surface area contributed by atoms with Crippen LogP contribution in [0.4, 0.5) is 0 Å². The minimum Gasteiger partial charge on any atom is -0.485 e. The van der Waals surface area contributed by atoms with Gasteiger partial charge in [0.1, 0.15) is 5.75 Å². The van der Waals surface area contributed by atoms with E-state index in [1.807, 2.05) is 49.4 Å². The zero-order valence-electron chi connectivity index (χ0n) is 15.5. The summed E-state index contributed by atoms with van der Waals surface area (Å²) in [6.45, 7) is 2.25. The topological polar surface area (TPSA) is 85.5 Å². The highest BCUT2D eigenvalue weighted by molar-refractivity contribution is 5.78. The van der Waals surface area contributed by atoms with E-state index in [1.54, 1.807) is 0 Å². The van der Waals surface area contributed by atoms with Gasteiger partial charge in [0, 0.05) is 11.0 Å². The first-order valence-corrected chi connectivity index (χ1v) is 9.44. The van der Waals surface area contributed by atoms with Gasteiger partial charge in [-0.3, -0.25) is 4.79 Å². The third-order valence-corrected chi connectivity index (χ3v) is 5.96. The van der Waals surface area contributed by atoms with Crippen molar-refractivity contribution in [3.8, 4) is 17.2 Å². The molecule has 0 bridgehead atoms. The maximum absolute atomic E-state index is 11.3. The van der Waals surface area contributed by atoms with E-state index in [2.05, 4.69) is 10.1 Å². The second kappa shape index (κ2) is 6.19. The Labute approximate surface area is 162 Å². The van der Waals surface area contributed by atoms with Gasteiger partial charge in [0.25, 0.3) is 5.89 Å². The lowest BCUT2D eigenvalue weighted by molar-refractivity contribution is -0.139. The third-order valence-electron chi connectivity index (χ3n) is 5.96. The number of carboxylic acid groups (broad SMARTS) is 1. The molecular formula is C22H20N2O4. The van der Waals surface area contributed by atoms with Crippen molar-refractivity contribution in [3.05, 3.63) is 65.0 Å². The molecule has 1 fully saturated rings. The van der Waals surface area contributed by atoms with Crippen molar-refractivity contribution >= 4 is 5.97 Å². The number of nitrogens with zero attached hydrogens (tertiary/aromatic N) is 2. The first-order valence-electron chi connectivity index (χ1n) is 9.44. The van der Waals surface area contributed by atoms with Crippen molar-refractivity contribution in [1.29, 1.82) is 0 Å². The number of carboxylic acids is 1. The molecule has 1 aromatic heterocycles. The van der Waals surface area contributed by atoms with E-state index in [4.69, 9.17) is 9.26 Å². The van der Waals surface area contributed by atoms with Crippen LogP contribution in [0, 0.1) is 12.8 Å². The summed E-state index contributed by atoms with van der Waals surface area (Å²) in [5.74, 6) is 0.781. The van der Waals surface area contributed by atoms with Crippen molar-refractivity contribution in [3.63, 3.8) is 0 Å². The number of aromatic nitrogens is 2. The van der Waals surface area contributed by atoms with Gasteiger partial charge in [0.05, 0.1) is 5.92 Å². The summed E-state index contributed by atoms with van der Waals surface area (Å²) in [5, 5.41) is 13.3. The van der Waals surface area contributed by atoms with Crippen molar-refractivity contribution < 1.29 is 19.2 Å². The van der Waals surface area contributed by atoms with Crippen LogP contribution in [-0.4, -0.2) is 21.2 Å². The van der Waals surface area contributed by atoms with Crippen molar-refractivity contribution in [2.75, 3.05) is 0 Å².